The first-order chi connectivity index (χ1) is 13.0. The number of halogens is 2. The number of carbonyl (C=O) groups excluding carboxylic acids is 1. The normalized spacial score (nSPS) is 11.3. The van der Waals surface area contributed by atoms with Gasteiger partial charge in [0, 0.05) is 23.0 Å². The molecule has 1 amide bonds. The van der Waals surface area contributed by atoms with Crippen LogP contribution in [0.3, 0.4) is 0 Å². The number of aliphatic hydroxyl groups is 2. The standard InChI is InChI=1S/C20H20F2N2O3/c21-13-3-1-12(2-4-13)20-16(6-8-19(27)23-15(10-25)11-26)17-9-14(22)5-7-18(17)24-20/h1-5,7,9,15,24-26H,6,8,10-11H2,(H,23,27). The summed E-state index contributed by atoms with van der Waals surface area (Å²) in [6.07, 6.45) is 0.403. The topological polar surface area (TPSA) is 85.4 Å². The molecular formula is C20H20F2N2O3. The highest BCUT2D eigenvalue weighted by atomic mass is 19.1. The minimum atomic E-state index is -0.713. The number of aryl methyl sites for hydroxylation is 1. The first-order valence-corrected chi connectivity index (χ1v) is 8.59. The third kappa shape index (κ3) is 4.32. The van der Waals surface area contributed by atoms with Gasteiger partial charge >= 0.3 is 0 Å². The molecule has 4 N–H and O–H groups in total. The van der Waals surface area contributed by atoms with E-state index >= 15 is 0 Å². The zero-order valence-electron chi connectivity index (χ0n) is 14.5. The molecular weight excluding hydrogens is 354 g/mol. The van der Waals surface area contributed by atoms with E-state index in [0.717, 1.165) is 16.6 Å². The van der Waals surface area contributed by atoms with Gasteiger partial charge in [-0.05, 0) is 60.0 Å². The minimum Gasteiger partial charge on any atom is -0.394 e. The number of hydrogen-bond acceptors (Lipinski definition) is 3. The molecule has 0 radical (unpaired) electrons. The fraction of sp³-hybridized carbons (Fsp3) is 0.250. The minimum absolute atomic E-state index is 0.0914. The van der Waals surface area contributed by atoms with Crippen molar-refractivity contribution in [3.63, 3.8) is 0 Å². The lowest BCUT2D eigenvalue weighted by atomic mass is 10.0. The lowest BCUT2D eigenvalue weighted by molar-refractivity contribution is -0.122. The Hall–Kier alpha value is -2.77. The predicted octanol–water partition coefficient (Wildman–Crippen LogP) is 2.52. The molecule has 3 rings (SSSR count). The number of amides is 1. The molecule has 27 heavy (non-hydrogen) atoms. The Morgan fingerprint density at radius 1 is 1.04 bits per heavy atom. The largest absolute Gasteiger partial charge is 0.394 e. The second-order valence-electron chi connectivity index (χ2n) is 6.30. The number of hydrogen-bond donors (Lipinski definition) is 4. The van der Waals surface area contributed by atoms with Crippen LogP contribution in [0.25, 0.3) is 22.2 Å². The van der Waals surface area contributed by atoms with E-state index in [1.165, 1.54) is 24.3 Å². The van der Waals surface area contributed by atoms with Gasteiger partial charge < -0.3 is 20.5 Å². The SMILES string of the molecule is O=C(CCc1c(-c2ccc(F)cc2)[nH]c2ccc(F)cc12)NC(CO)CO. The first kappa shape index (κ1) is 19.0. The van der Waals surface area contributed by atoms with Crippen LogP contribution in [-0.2, 0) is 11.2 Å². The summed E-state index contributed by atoms with van der Waals surface area (Å²) in [5.41, 5.74) is 2.89. The molecule has 2 aromatic carbocycles. The predicted molar refractivity (Wildman–Crippen MR) is 98.1 cm³/mol. The number of aliphatic hydroxyl groups excluding tert-OH is 2. The maximum atomic E-state index is 13.7. The average molecular weight is 374 g/mol. The monoisotopic (exact) mass is 374 g/mol. The Morgan fingerprint density at radius 2 is 1.70 bits per heavy atom. The molecule has 142 valence electrons. The van der Waals surface area contributed by atoms with Gasteiger partial charge in [-0.15, -0.1) is 0 Å². The van der Waals surface area contributed by atoms with Gasteiger partial charge in [-0.25, -0.2) is 8.78 Å². The van der Waals surface area contributed by atoms with Crippen LogP contribution in [-0.4, -0.2) is 40.4 Å². The molecule has 0 saturated heterocycles. The highest BCUT2D eigenvalue weighted by Crippen LogP contribution is 2.32. The second kappa shape index (κ2) is 8.28. The smallest absolute Gasteiger partial charge is 0.220 e. The molecule has 0 unspecified atom stereocenters. The summed E-state index contributed by atoms with van der Waals surface area (Å²) in [6, 6.07) is 9.56. The summed E-state index contributed by atoms with van der Waals surface area (Å²) >= 11 is 0. The van der Waals surface area contributed by atoms with Crippen LogP contribution in [0.5, 0.6) is 0 Å². The van der Waals surface area contributed by atoms with Crippen LogP contribution in [0, 0.1) is 11.6 Å². The Balaban J connectivity index is 1.92. The molecule has 3 aromatic rings. The Morgan fingerprint density at radius 3 is 2.37 bits per heavy atom. The summed E-state index contributed by atoms with van der Waals surface area (Å²) in [7, 11) is 0. The van der Waals surface area contributed by atoms with Crippen molar-refractivity contribution in [3.05, 3.63) is 59.7 Å². The number of H-pyrrole nitrogens is 1. The number of nitrogens with one attached hydrogen (secondary N) is 2. The maximum absolute atomic E-state index is 13.7. The van der Waals surface area contributed by atoms with Crippen LogP contribution in [0.4, 0.5) is 8.78 Å². The van der Waals surface area contributed by atoms with Crippen molar-refractivity contribution < 1.29 is 23.8 Å². The summed E-state index contributed by atoms with van der Waals surface area (Å²) in [5.74, 6) is -1.08. The van der Waals surface area contributed by atoms with E-state index < -0.39 is 11.9 Å². The van der Waals surface area contributed by atoms with Crippen LogP contribution < -0.4 is 5.32 Å². The van der Waals surface area contributed by atoms with Crippen molar-refractivity contribution in [3.8, 4) is 11.3 Å². The molecule has 0 aliphatic rings. The van der Waals surface area contributed by atoms with Crippen molar-refractivity contribution in [1.82, 2.24) is 10.3 Å². The van der Waals surface area contributed by atoms with E-state index in [4.69, 9.17) is 10.2 Å². The number of aromatic amines is 1. The lowest BCUT2D eigenvalue weighted by Crippen LogP contribution is -2.40. The molecule has 0 saturated carbocycles. The van der Waals surface area contributed by atoms with Crippen LogP contribution in [0.2, 0.25) is 0 Å². The third-order valence-corrected chi connectivity index (χ3v) is 4.41. The maximum Gasteiger partial charge on any atom is 0.220 e. The van der Waals surface area contributed by atoms with Gasteiger partial charge in [0.2, 0.25) is 5.91 Å². The van der Waals surface area contributed by atoms with E-state index in [1.54, 1.807) is 18.2 Å². The lowest BCUT2D eigenvalue weighted by Gasteiger charge is -2.13. The number of aromatic nitrogens is 1. The van der Waals surface area contributed by atoms with E-state index in [1.807, 2.05) is 0 Å². The van der Waals surface area contributed by atoms with Gasteiger partial charge in [0.15, 0.2) is 0 Å². The zero-order valence-corrected chi connectivity index (χ0v) is 14.5. The number of fused-ring (bicyclic) bond motifs is 1. The number of rotatable bonds is 7. The second-order valence-corrected chi connectivity index (χ2v) is 6.30. The Labute approximate surface area is 154 Å². The summed E-state index contributed by atoms with van der Waals surface area (Å²) in [5, 5.41) is 21.3. The fourth-order valence-electron chi connectivity index (χ4n) is 3.03. The molecule has 0 bridgehead atoms. The molecule has 0 atom stereocenters. The van der Waals surface area contributed by atoms with Gasteiger partial charge in [-0.2, -0.15) is 0 Å². The highest BCUT2D eigenvalue weighted by molar-refractivity contribution is 5.91. The van der Waals surface area contributed by atoms with Crippen molar-refractivity contribution in [1.29, 1.82) is 0 Å². The summed E-state index contributed by atoms with van der Waals surface area (Å²) in [6.45, 7) is -0.720. The van der Waals surface area contributed by atoms with E-state index in [-0.39, 0.29) is 31.4 Å². The fourth-order valence-corrected chi connectivity index (χ4v) is 3.03. The summed E-state index contributed by atoms with van der Waals surface area (Å²) in [4.78, 5) is 15.3. The van der Waals surface area contributed by atoms with E-state index in [9.17, 15) is 13.6 Å². The average Bonchev–Trinajstić information content (AvgIpc) is 3.02. The van der Waals surface area contributed by atoms with Crippen molar-refractivity contribution in [2.75, 3.05) is 13.2 Å². The van der Waals surface area contributed by atoms with E-state index in [2.05, 4.69) is 10.3 Å². The highest BCUT2D eigenvalue weighted by Gasteiger charge is 2.16. The van der Waals surface area contributed by atoms with Crippen LogP contribution in [0.1, 0.15) is 12.0 Å². The van der Waals surface area contributed by atoms with Gasteiger partial charge in [-0.3, -0.25) is 4.79 Å². The molecule has 0 fully saturated rings. The van der Waals surface area contributed by atoms with Gasteiger partial charge in [0.05, 0.1) is 19.3 Å². The molecule has 0 spiro atoms. The van der Waals surface area contributed by atoms with Gasteiger partial charge in [-0.1, -0.05) is 0 Å². The van der Waals surface area contributed by atoms with Gasteiger partial charge in [0.1, 0.15) is 11.6 Å². The van der Waals surface area contributed by atoms with Crippen molar-refractivity contribution in [2.45, 2.75) is 18.9 Å². The molecule has 1 aromatic heterocycles. The van der Waals surface area contributed by atoms with Crippen LogP contribution in [0.15, 0.2) is 42.5 Å². The quantitative estimate of drug-likeness (QED) is 0.513. The van der Waals surface area contributed by atoms with Crippen LogP contribution >= 0.6 is 0 Å². The molecule has 1 heterocycles. The molecule has 0 aliphatic heterocycles. The third-order valence-electron chi connectivity index (χ3n) is 4.41. The molecule has 7 heteroatoms. The molecule has 0 aliphatic carbocycles. The van der Waals surface area contributed by atoms with Crippen molar-refractivity contribution >= 4 is 16.8 Å². The Kier molecular flexibility index (Phi) is 5.83. The summed E-state index contributed by atoms with van der Waals surface area (Å²) < 4.78 is 27.0. The number of carbonyl (C=O) groups is 1. The number of benzene rings is 2. The van der Waals surface area contributed by atoms with E-state index in [0.29, 0.717) is 17.5 Å². The zero-order chi connectivity index (χ0) is 19.4. The van der Waals surface area contributed by atoms with Crippen molar-refractivity contribution in [2.24, 2.45) is 0 Å². The Bertz CT molecular complexity index is 934. The van der Waals surface area contributed by atoms with Gasteiger partial charge in [0.25, 0.3) is 0 Å². The molecule has 5 nitrogen and oxygen atoms in total. The first-order valence-electron chi connectivity index (χ1n) is 8.59.